The molecule has 4 rings (SSSR count). The van der Waals surface area contributed by atoms with Crippen molar-refractivity contribution in [2.45, 2.75) is 42.7 Å². The Labute approximate surface area is 185 Å². The number of rotatable bonds is 5. The van der Waals surface area contributed by atoms with Crippen LogP contribution in [0.3, 0.4) is 0 Å². The minimum absolute atomic E-state index is 0.129. The lowest BCUT2D eigenvalue weighted by molar-refractivity contribution is 0.0266. The second kappa shape index (κ2) is 8.02. The molecular weight excluding hydrogens is 430 g/mol. The van der Waals surface area contributed by atoms with Gasteiger partial charge in [0.2, 0.25) is 16.0 Å². The Morgan fingerprint density at radius 1 is 1.31 bits per heavy atom. The standard InChI is InChI=1S/C22H23N5O4S/c1-4-14-12-15-13-24-21(25-16-7-9-17(10-8-16)32(30,31)23-3)26-19(15)27(20(14)28)18-6-5-11-22(18,2)29/h1,7-10,12-13,18,23,29H,5-6,11H2,2-3H3,(H,24,25,26)/t18-,22-/m1/s1. The second-order valence-electron chi connectivity index (χ2n) is 7.97. The van der Waals surface area contributed by atoms with Gasteiger partial charge in [-0.15, -0.1) is 6.42 Å². The Kier molecular flexibility index (Phi) is 5.50. The summed E-state index contributed by atoms with van der Waals surface area (Å²) in [5, 5.41) is 14.5. The fourth-order valence-corrected chi connectivity index (χ4v) is 4.81. The topological polar surface area (TPSA) is 126 Å². The molecule has 2 atom stereocenters. The molecule has 1 aromatic carbocycles. The van der Waals surface area contributed by atoms with Crippen LogP contribution in [0.1, 0.15) is 37.8 Å². The van der Waals surface area contributed by atoms with E-state index in [1.807, 2.05) is 0 Å². The zero-order valence-corrected chi connectivity index (χ0v) is 18.5. The number of benzene rings is 1. The first kappa shape index (κ1) is 22.0. The molecule has 3 aromatic rings. The smallest absolute Gasteiger partial charge is 0.268 e. The minimum atomic E-state index is -3.54. The number of nitrogens with one attached hydrogen (secondary N) is 2. The first-order chi connectivity index (χ1) is 15.2. The third-order valence-corrected chi connectivity index (χ3v) is 7.24. The number of anilines is 2. The van der Waals surface area contributed by atoms with Crippen LogP contribution in [0.4, 0.5) is 11.6 Å². The highest BCUT2D eigenvalue weighted by atomic mass is 32.2. The highest BCUT2D eigenvalue weighted by Crippen LogP contribution is 2.39. The van der Waals surface area contributed by atoms with Gasteiger partial charge in [-0.05, 0) is 63.6 Å². The normalized spacial score (nSPS) is 20.9. The van der Waals surface area contributed by atoms with Gasteiger partial charge in [0, 0.05) is 17.3 Å². The molecule has 9 nitrogen and oxygen atoms in total. The van der Waals surface area contributed by atoms with Gasteiger partial charge in [-0.25, -0.2) is 18.1 Å². The highest BCUT2D eigenvalue weighted by Gasteiger charge is 2.39. The molecule has 0 amide bonds. The van der Waals surface area contributed by atoms with Gasteiger partial charge in [-0.1, -0.05) is 5.92 Å². The monoisotopic (exact) mass is 453 g/mol. The molecule has 1 saturated carbocycles. The molecule has 0 radical (unpaired) electrons. The third kappa shape index (κ3) is 3.86. The van der Waals surface area contributed by atoms with E-state index in [1.54, 1.807) is 31.3 Å². The lowest BCUT2D eigenvalue weighted by Gasteiger charge is -2.28. The molecule has 3 N–H and O–H groups in total. The van der Waals surface area contributed by atoms with Crippen molar-refractivity contribution < 1.29 is 13.5 Å². The lowest BCUT2D eigenvalue weighted by Crippen LogP contribution is -2.38. The summed E-state index contributed by atoms with van der Waals surface area (Å²) >= 11 is 0. The number of pyridine rings is 1. The zero-order chi connectivity index (χ0) is 23.1. The third-order valence-electron chi connectivity index (χ3n) is 5.81. The molecule has 10 heteroatoms. The van der Waals surface area contributed by atoms with E-state index in [2.05, 4.69) is 25.9 Å². The molecule has 166 valence electrons. The summed E-state index contributed by atoms with van der Waals surface area (Å²) in [7, 11) is -2.20. The summed E-state index contributed by atoms with van der Waals surface area (Å²) in [6.45, 7) is 1.71. The largest absolute Gasteiger partial charge is 0.388 e. The molecular formula is C22H23N5O4S. The summed E-state index contributed by atoms with van der Waals surface area (Å²) in [5.74, 6) is 2.64. The van der Waals surface area contributed by atoms with Crippen LogP contribution in [0, 0.1) is 12.3 Å². The Balaban J connectivity index is 1.78. The molecule has 1 aliphatic carbocycles. The minimum Gasteiger partial charge on any atom is -0.388 e. The number of sulfonamides is 1. The maximum absolute atomic E-state index is 13.1. The summed E-state index contributed by atoms with van der Waals surface area (Å²) < 4.78 is 27.5. The van der Waals surface area contributed by atoms with Crippen LogP contribution in [0.15, 0.2) is 46.2 Å². The highest BCUT2D eigenvalue weighted by molar-refractivity contribution is 7.89. The van der Waals surface area contributed by atoms with E-state index in [0.29, 0.717) is 29.6 Å². The number of aromatic nitrogens is 3. The number of nitrogens with zero attached hydrogens (tertiary/aromatic N) is 3. The number of hydrogen-bond acceptors (Lipinski definition) is 7. The Morgan fingerprint density at radius 2 is 2.03 bits per heavy atom. The summed E-state index contributed by atoms with van der Waals surface area (Å²) in [4.78, 5) is 22.0. The van der Waals surface area contributed by atoms with Crippen molar-refractivity contribution in [2.75, 3.05) is 12.4 Å². The molecule has 1 fully saturated rings. The van der Waals surface area contributed by atoms with E-state index in [-0.39, 0.29) is 22.0 Å². The van der Waals surface area contributed by atoms with Crippen molar-refractivity contribution >= 4 is 32.7 Å². The molecule has 0 unspecified atom stereocenters. The van der Waals surface area contributed by atoms with Gasteiger partial charge in [0.25, 0.3) is 5.56 Å². The van der Waals surface area contributed by atoms with Crippen LogP contribution in [0.25, 0.3) is 11.0 Å². The van der Waals surface area contributed by atoms with E-state index >= 15 is 0 Å². The maximum Gasteiger partial charge on any atom is 0.268 e. The summed E-state index contributed by atoms with van der Waals surface area (Å²) in [5.41, 5.74) is -0.310. The van der Waals surface area contributed by atoms with Crippen molar-refractivity contribution in [2.24, 2.45) is 0 Å². The maximum atomic E-state index is 13.1. The molecule has 1 aliphatic rings. The fourth-order valence-electron chi connectivity index (χ4n) is 4.08. The molecule has 0 aliphatic heterocycles. The first-order valence-electron chi connectivity index (χ1n) is 10.1. The Bertz CT molecular complexity index is 1390. The van der Waals surface area contributed by atoms with Gasteiger partial charge in [0.05, 0.1) is 22.1 Å². The molecule has 2 aromatic heterocycles. The SMILES string of the molecule is C#Cc1cc2cnc(Nc3ccc(S(=O)(=O)NC)cc3)nc2n([C@@H]2CCC[C@@]2(C)O)c1=O. The molecule has 0 bridgehead atoms. The molecule has 32 heavy (non-hydrogen) atoms. The van der Waals surface area contributed by atoms with Gasteiger partial charge in [0.15, 0.2) is 0 Å². The average Bonchev–Trinajstić information content (AvgIpc) is 3.12. The summed E-state index contributed by atoms with van der Waals surface area (Å²) in [6, 6.07) is 7.21. The van der Waals surface area contributed by atoms with Gasteiger partial charge < -0.3 is 10.4 Å². The van der Waals surface area contributed by atoms with E-state index < -0.39 is 21.7 Å². The predicted octanol–water partition coefficient (Wildman–Crippen LogP) is 1.90. The van der Waals surface area contributed by atoms with E-state index in [1.165, 1.54) is 23.7 Å². The van der Waals surface area contributed by atoms with Crippen LogP contribution in [0.2, 0.25) is 0 Å². The van der Waals surface area contributed by atoms with Crippen LogP contribution >= 0.6 is 0 Å². The van der Waals surface area contributed by atoms with Crippen molar-refractivity contribution in [3.63, 3.8) is 0 Å². The molecule has 2 heterocycles. The van der Waals surface area contributed by atoms with Gasteiger partial charge >= 0.3 is 0 Å². The number of hydrogen-bond donors (Lipinski definition) is 3. The number of aliphatic hydroxyl groups is 1. The average molecular weight is 454 g/mol. The van der Waals surface area contributed by atoms with E-state index in [9.17, 15) is 18.3 Å². The van der Waals surface area contributed by atoms with Crippen molar-refractivity contribution in [3.8, 4) is 12.3 Å². The van der Waals surface area contributed by atoms with E-state index in [4.69, 9.17) is 6.42 Å². The first-order valence-corrected chi connectivity index (χ1v) is 11.6. The van der Waals surface area contributed by atoms with Gasteiger partial charge in [-0.3, -0.25) is 9.36 Å². The quantitative estimate of drug-likeness (QED) is 0.504. The zero-order valence-electron chi connectivity index (χ0n) is 17.7. The van der Waals surface area contributed by atoms with Crippen molar-refractivity contribution in [3.05, 3.63) is 52.4 Å². The lowest BCUT2D eigenvalue weighted by atomic mass is 9.99. The van der Waals surface area contributed by atoms with Gasteiger partial charge in [-0.2, -0.15) is 4.98 Å². The van der Waals surface area contributed by atoms with E-state index in [0.717, 1.165) is 6.42 Å². The fraction of sp³-hybridized carbons (Fsp3) is 0.318. The van der Waals surface area contributed by atoms with Crippen molar-refractivity contribution in [1.82, 2.24) is 19.3 Å². The van der Waals surface area contributed by atoms with Crippen LogP contribution < -0.4 is 15.6 Å². The number of terminal acetylenes is 1. The summed E-state index contributed by atoms with van der Waals surface area (Å²) in [6.07, 6.45) is 9.08. The van der Waals surface area contributed by atoms with Crippen molar-refractivity contribution in [1.29, 1.82) is 0 Å². The Hall–Kier alpha value is -3.26. The Morgan fingerprint density at radius 3 is 2.62 bits per heavy atom. The van der Waals surface area contributed by atoms with Gasteiger partial charge in [0.1, 0.15) is 5.65 Å². The molecule has 0 saturated heterocycles. The second-order valence-corrected chi connectivity index (χ2v) is 9.86. The number of fused-ring (bicyclic) bond motifs is 1. The van der Waals surface area contributed by atoms with Crippen LogP contribution in [0.5, 0.6) is 0 Å². The van der Waals surface area contributed by atoms with Crippen LogP contribution in [-0.2, 0) is 10.0 Å². The predicted molar refractivity (Wildman–Crippen MR) is 121 cm³/mol. The van der Waals surface area contributed by atoms with Crippen LogP contribution in [-0.4, -0.2) is 40.7 Å². The molecule has 0 spiro atoms.